The topological polar surface area (TPSA) is 74.3 Å². The average Bonchev–Trinajstić information content (AvgIpc) is 2.77. The molecule has 36 heavy (non-hydrogen) atoms. The van der Waals surface area contributed by atoms with Crippen molar-refractivity contribution in [2.24, 2.45) is 0 Å². The number of benzene rings is 1. The van der Waals surface area contributed by atoms with Gasteiger partial charge in [-0.25, -0.2) is 13.8 Å². The van der Waals surface area contributed by atoms with E-state index in [9.17, 15) is 8.78 Å². The second-order valence-corrected chi connectivity index (χ2v) is 11.6. The van der Waals surface area contributed by atoms with Gasteiger partial charge < -0.3 is 25.6 Å². The Morgan fingerprint density at radius 1 is 1.17 bits per heavy atom. The standard InChI is InChI=1S/C26H37ClF2N6O/c1-25(2)14-18(15-26(3,4)34-25)31-23-21(29)16-30-24(33-23)32-17-5-6-22(20(27)13-17)36-19-7-10-35(11-8-19)12-9-28/h5-6,13,16,18-19,34H,7-12,14-15H2,1-4H3,(H2,30,31,32,33). The van der Waals surface area contributed by atoms with Crippen LogP contribution in [-0.4, -0.2) is 64.4 Å². The second-order valence-electron chi connectivity index (χ2n) is 11.2. The molecule has 2 aliphatic heterocycles. The fourth-order valence-electron chi connectivity index (χ4n) is 5.50. The number of piperidine rings is 2. The van der Waals surface area contributed by atoms with E-state index in [1.165, 1.54) is 6.20 Å². The summed E-state index contributed by atoms with van der Waals surface area (Å²) in [4.78, 5) is 10.6. The number of hydrogen-bond donors (Lipinski definition) is 3. The highest BCUT2D eigenvalue weighted by atomic mass is 35.5. The molecule has 0 bridgehead atoms. The van der Waals surface area contributed by atoms with Crippen LogP contribution in [0.15, 0.2) is 24.4 Å². The van der Waals surface area contributed by atoms with E-state index in [2.05, 4.69) is 58.5 Å². The predicted octanol–water partition coefficient (Wildman–Crippen LogP) is 5.55. The number of alkyl halides is 1. The Hall–Kier alpha value is -2.23. The van der Waals surface area contributed by atoms with Crippen molar-refractivity contribution in [2.45, 2.75) is 76.6 Å². The van der Waals surface area contributed by atoms with E-state index in [1.807, 2.05) is 6.07 Å². The number of ether oxygens (including phenoxy) is 1. The van der Waals surface area contributed by atoms with Crippen LogP contribution in [0.3, 0.4) is 0 Å². The van der Waals surface area contributed by atoms with Crippen LogP contribution in [0.5, 0.6) is 5.75 Å². The third kappa shape index (κ3) is 7.17. The van der Waals surface area contributed by atoms with Gasteiger partial charge in [0.25, 0.3) is 0 Å². The van der Waals surface area contributed by atoms with Crippen LogP contribution in [-0.2, 0) is 0 Å². The number of aromatic nitrogens is 2. The van der Waals surface area contributed by atoms with Crippen LogP contribution in [0.25, 0.3) is 0 Å². The molecule has 0 unspecified atom stereocenters. The van der Waals surface area contributed by atoms with Crippen molar-refractivity contribution in [3.05, 3.63) is 35.2 Å². The van der Waals surface area contributed by atoms with Gasteiger partial charge in [-0.2, -0.15) is 4.98 Å². The highest BCUT2D eigenvalue weighted by molar-refractivity contribution is 6.32. The first kappa shape index (κ1) is 26.8. The summed E-state index contributed by atoms with van der Waals surface area (Å²) in [5.41, 5.74) is 0.526. The maximum absolute atomic E-state index is 14.6. The monoisotopic (exact) mass is 522 g/mol. The highest BCUT2D eigenvalue weighted by Crippen LogP contribution is 2.32. The third-order valence-electron chi connectivity index (χ3n) is 6.69. The van der Waals surface area contributed by atoms with Gasteiger partial charge in [0.15, 0.2) is 11.6 Å². The predicted molar refractivity (Wildman–Crippen MR) is 141 cm³/mol. The number of likely N-dealkylation sites (tertiary alicyclic amines) is 1. The molecule has 198 valence electrons. The van der Waals surface area contributed by atoms with Gasteiger partial charge >= 0.3 is 0 Å². The largest absolute Gasteiger partial charge is 0.489 e. The number of nitrogens with zero attached hydrogens (tertiary/aromatic N) is 3. The molecule has 2 aliphatic rings. The highest BCUT2D eigenvalue weighted by Gasteiger charge is 2.38. The van der Waals surface area contributed by atoms with Gasteiger partial charge in [0.1, 0.15) is 18.5 Å². The molecular formula is C26H37ClF2N6O. The van der Waals surface area contributed by atoms with Gasteiger partial charge in [0.05, 0.1) is 11.2 Å². The third-order valence-corrected chi connectivity index (χ3v) is 6.99. The van der Waals surface area contributed by atoms with E-state index in [1.54, 1.807) is 12.1 Å². The maximum Gasteiger partial charge on any atom is 0.229 e. The van der Waals surface area contributed by atoms with Crippen molar-refractivity contribution in [1.29, 1.82) is 0 Å². The van der Waals surface area contributed by atoms with Crippen molar-refractivity contribution in [2.75, 3.05) is 36.9 Å². The van der Waals surface area contributed by atoms with Crippen molar-refractivity contribution >= 4 is 29.1 Å². The van der Waals surface area contributed by atoms with Crippen LogP contribution < -0.4 is 20.7 Å². The van der Waals surface area contributed by atoms with Crippen LogP contribution in [0.1, 0.15) is 53.4 Å². The lowest BCUT2D eigenvalue weighted by Gasteiger charge is -2.46. The molecule has 0 atom stereocenters. The Kier molecular flexibility index (Phi) is 8.22. The van der Waals surface area contributed by atoms with E-state index >= 15 is 0 Å². The van der Waals surface area contributed by atoms with E-state index in [0.717, 1.165) is 38.8 Å². The molecule has 3 N–H and O–H groups in total. The minimum absolute atomic E-state index is 0.0520. The van der Waals surface area contributed by atoms with Gasteiger partial charge in [-0.15, -0.1) is 0 Å². The van der Waals surface area contributed by atoms with E-state index < -0.39 is 5.82 Å². The zero-order valence-electron chi connectivity index (χ0n) is 21.5. The quantitative estimate of drug-likeness (QED) is 0.420. The smallest absolute Gasteiger partial charge is 0.229 e. The molecule has 7 nitrogen and oxygen atoms in total. The number of nitrogens with one attached hydrogen (secondary N) is 3. The van der Waals surface area contributed by atoms with E-state index in [4.69, 9.17) is 16.3 Å². The molecule has 0 radical (unpaired) electrons. The first-order valence-corrected chi connectivity index (χ1v) is 13.0. The molecule has 2 fully saturated rings. The molecule has 0 amide bonds. The average molecular weight is 523 g/mol. The first-order valence-electron chi connectivity index (χ1n) is 12.6. The lowest BCUT2D eigenvalue weighted by atomic mass is 9.79. The molecular weight excluding hydrogens is 486 g/mol. The number of anilines is 3. The van der Waals surface area contributed by atoms with Crippen LogP contribution in [0, 0.1) is 5.82 Å². The summed E-state index contributed by atoms with van der Waals surface area (Å²) in [5, 5.41) is 10.5. The zero-order valence-corrected chi connectivity index (χ0v) is 22.3. The van der Waals surface area contributed by atoms with Crippen LogP contribution in [0.2, 0.25) is 5.02 Å². The number of halogens is 3. The summed E-state index contributed by atoms with van der Waals surface area (Å²) in [5.74, 6) is 0.561. The summed E-state index contributed by atoms with van der Waals surface area (Å²) < 4.78 is 33.2. The molecule has 1 aromatic carbocycles. The normalized spacial score (nSPS) is 20.8. The van der Waals surface area contributed by atoms with E-state index in [-0.39, 0.29) is 41.7 Å². The summed E-state index contributed by atoms with van der Waals surface area (Å²) >= 11 is 6.49. The molecule has 2 aromatic rings. The minimum Gasteiger partial charge on any atom is -0.489 e. The molecule has 2 saturated heterocycles. The molecule has 0 spiro atoms. The second kappa shape index (κ2) is 11.0. The Labute approximate surface area is 217 Å². The number of hydrogen-bond acceptors (Lipinski definition) is 7. The van der Waals surface area contributed by atoms with Crippen molar-refractivity contribution in [3.63, 3.8) is 0 Å². The Morgan fingerprint density at radius 2 is 1.86 bits per heavy atom. The minimum atomic E-state index is -0.492. The summed E-state index contributed by atoms with van der Waals surface area (Å²) in [6.45, 7) is 10.4. The lowest BCUT2D eigenvalue weighted by Crippen LogP contribution is -2.60. The fourth-order valence-corrected chi connectivity index (χ4v) is 5.72. The zero-order chi connectivity index (χ0) is 25.9. The summed E-state index contributed by atoms with van der Waals surface area (Å²) in [6, 6.07) is 5.45. The molecule has 3 heterocycles. The molecule has 1 aromatic heterocycles. The Morgan fingerprint density at radius 3 is 2.50 bits per heavy atom. The summed E-state index contributed by atoms with van der Waals surface area (Å²) in [7, 11) is 0. The lowest BCUT2D eigenvalue weighted by molar-refractivity contribution is 0.0969. The maximum atomic E-state index is 14.6. The van der Waals surface area contributed by atoms with Gasteiger partial charge in [-0.1, -0.05) is 11.6 Å². The first-order chi connectivity index (χ1) is 17.0. The van der Waals surface area contributed by atoms with E-state index in [0.29, 0.717) is 23.0 Å². The molecule has 0 saturated carbocycles. The molecule has 4 rings (SSSR count). The van der Waals surface area contributed by atoms with Crippen molar-refractivity contribution in [3.8, 4) is 5.75 Å². The van der Waals surface area contributed by atoms with Crippen LogP contribution in [0.4, 0.5) is 26.2 Å². The van der Waals surface area contributed by atoms with Crippen LogP contribution >= 0.6 is 11.6 Å². The van der Waals surface area contributed by atoms with Crippen molar-refractivity contribution < 1.29 is 13.5 Å². The Balaban J connectivity index is 1.38. The molecule has 10 heteroatoms. The fraction of sp³-hybridized carbons (Fsp3) is 0.615. The summed E-state index contributed by atoms with van der Waals surface area (Å²) in [6.07, 6.45) is 4.57. The SMILES string of the molecule is CC1(C)CC(Nc2nc(Nc3ccc(OC4CCN(CCF)CC4)c(Cl)c3)ncc2F)CC(C)(C)N1. The Bertz CT molecular complexity index is 1030. The molecule has 0 aliphatic carbocycles. The number of rotatable bonds is 8. The van der Waals surface area contributed by atoms with Gasteiger partial charge in [0, 0.05) is 42.4 Å². The van der Waals surface area contributed by atoms with Gasteiger partial charge in [-0.3, -0.25) is 0 Å². The van der Waals surface area contributed by atoms with Gasteiger partial charge in [0.2, 0.25) is 5.95 Å². The van der Waals surface area contributed by atoms with Crippen molar-refractivity contribution in [1.82, 2.24) is 20.2 Å². The van der Waals surface area contributed by atoms with Gasteiger partial charge in [-0.05, 0) is 71.6 Å².